The number of esters is 2. The van der Waals surface area contributed by atoms with Crippen molar-refractivity contribution in [3.05, 3.63) is 136 Å². The van der Waals surface area contributed by atoms with E-state index in [0.29, 0.717) is 12.8 Å². The van der Waals surface area contributed by atoms with Crippen LogP contribution in [-0.4, -0.2) is 25.2 Å². The van der Waals surface area contributed by atoms with E-state index in [4.69, 9.17) is 18.9 Å². The summed E-state index contributed by atoms with van der Waals surface area (Å²) < 4.78 is 21.0. The van der Waals surface area contributed by atoms with Crippen molar-refractivity contribution in [1.29, 1.82) is 0 Å². The summed E-state index contributed by atoms with van der Waals surface area (Å²) in [4.78, 5) is 22.0. The summed E-state index contributed by atoms with van der Waals surface area (Å²) in [6.07, 6.45) is 10.2. The van der Waals surface area contributed by atoms with Gasteiger partial charge in [0.2, 0.25) is 0 Å². The lowest BCUT2D eigenvalue weighted by molar-refractivity contribution is -0.138. The minimum atomic E-state index is -0.432. The molecule has 0 spiro atoms. The number of hydrogen-bond donors (Lipinski definition) is 0. The highest BCUT2D eigenvalue weighted by Crippen LogP contribution is 2.27. The molecule has 0 N–H and O–H groups in total. The first-order valence-electron chi connectivity index (χ1n) is 12.6. The molecule has 6 heteroatoms. The van der Waals surface area contributed by atoms with Crippen LogP contribution < -0.4 is 9.47 Å². The Hall–Kier alpha value is -5.10. The van der Waals surface area contributed by atoms with Crippen LogP contribution >= 0.6 is 0 Å². The Bertz CT molecular complexity index is 1170. The number of carbonyl (C=O) groups is 2. The van der Waals surface area contributed by atoms with E-state index < -0.39 is 11.9 Å². The topological polar surface area (TPSA) is 71.1 Å². The molecule has 3 rings (SSSR count). The SMILES string of the molecule is C=C.C=CC(=O)OCC/C=C/Oc1ccc(-c2ccc(-c3ccc(O/C=C/CCOC(=O)C=C)cc3)cc2)cc1. The number of rotatable bonds is 14. The number of ether oxygens (including phenoxy) is 4. The third-order valence-corrected chi connectivity index (χ3v) is 5.25. The zero-order valence-corrected chi connectivity index (χ0v) is 22.5. The van der Waals surface area contributed by atoms with E-state index >= 15 is 0 Å². The third kappa shape index (κ3) is 11.1. The van der Waals surface area contributed by atoms with E-state index in [-0.39, 0.29) is 13.2 Å². The number of hydrogen-bond acceptors (Lipinski definition) is 6. The number of benzene rings is 3. The van der Waals surface area contributed by atoms with Gasteiger partial charge in [0.25, 0.3) is 0 Å². The summed E-state index contributed by atoms with van der Waals surface area (Å²) >= 11 is 0. The molecule has 206 valence electrons. The van der Waals surface area contributed by atoms with E-state index in [1.807, 2.05) is 48.5 Å². The Balaban J connectivity index is 0.00000274. The van der Waals surface area contributed by atoms with Crippen LogP contribution in [0.3, 0.4) is 0 Å². The lowest BCUT2D eigenvalue weighted by Crippen LogP contribution is -2.00. The fraction of sp³-hybridized carbons (Fsp3) is 0.118. The van der Waals surface area contributed by atoms with Gasteiger partial charge < -0.3 is 18.9 Å². The molecule has 0 aliphatic rings. The summed E-state index contributed by atoms with van der Waals surface area (Å²) in [7, 11) is 0. The van der Waals surface area contributed by atoms with E-state index in [0.717, 1.165) is 45.9 Å². The molecule has 6 nitrogen and oxygen atoms in total. The first-order chi connectivity index (χ1) is 19.6. The summed E-state index contributed by atoms with van der Waals surface area (Å²) in [6, 6.07) is 24.0. The lowest BCUT2D eigenvalue weighted by Gasteiger charge is -2.07. The molecule has 0 saturated carbocycles. The van der Waals surface area contributed by atoms with Gasteiger partial charge in [0, 0.05) is 25.0 Å². The van der Waals surface area contributed by atoms with Crippen molar-refractivity contribution in [3.63, 3.8) is 0 Å². The van der Waals surface area contributed by atoms with E-state index in [9.17, 15) is 9.59 Å². The monoisotopic (exact) mass is 538 g/mol. The van der Waals surface area contributed by atoms with E-state index in [1.54, 1.807) is 24.7 Å². The quantitative estimate of drug-likeness (QED) is 0.0684. The zero-order chi connectivity index (χ0) is 29.0. The lowest BCUT2D eigenvalue weighted by atomic mass is 10.0. The van der Waals surface area contributed by atoms with Crippen molar-refractivity contribution in [1.82, 2.24) is 0 Å². The van der Waals surface area contributed by atoms with Gasteiger partial charge in [0.1, 0.15) is 11.5 Å². The van der Waals surface area contributed by atoms with Gasteiger partial charge in [0.05, 0.1) is 25.7 Å². The Morgan fingerprint density at radius 2 is 0.850 bits per heavy atom. The average Bonchev–Trinajstić information content (AvgIpc) is 3.02. The van der Waals surface area contributed by atoms with Gasteiger partial charge in [0.15, 0.2) is 0 Å². The van der Waals surface area contributed by atoms with Crippen molar-refractivity contribution in [2.75, 3.05) is 13.2 Å². The first-order valence-corrected chi connectivity index (χ1v) is 12.6. The molecule has 0 amide bonds. The molecule has 40 heavy (non-hydrogen) atoms. The highest BCUT2D eigenvalue weighted by atomic mass is 16.5. The highest BCUT2D eigenvalue weighted by Gasteiger charge is 2.02. The third-order valence-electron chi connectivity index (χ3n) is 5.25. The largest absolute Gasteiger partial charge is 0.465 e. The maximum Gasteiger partial charge on any atom is 0.330 e. The van der Waals surface area contributed by atoms with Crippen LogP contribution in [0.25, 0.3) is 22.3 Å². The molecule has 0 bridgehead atoms. The van der Waals surface area contributed by atoms with Crippen molar-refractivity contribution in [2.24, 2.45) is 0 Å². The van der Waals surface area contributed by atoms with E-state index in [1.165, 1.54) is 0 Å². The Kier molecular flexibility index (Phi) is 14.2. The van der Waals surface area contributed by atoms with Crippen LogP contribution in [0, 0.1) is 0 Å². The van der Waals surface area contributed by atoms with Gasteiger partial charge in [-0.1, -0.05) is 61.7 Å². The van der Waals surface area contributed by atoms with Crippen molar-refractivity contribution in [3.8, 4) is 33.8 Å². The van der Waals surface area contributed by atoms with Crippen LogP contribution in [0.5, 0.6) is 11.5 Å². The standard InChI is InChI=1S/C32H30O6.C2H4/c1-3-31(33)37-23-7-5-21-35-29-17-13-27(14-18-29)25-9-11-26(12-10-25)28-15-19-30(20-16-28)36-22-6-8-24-38-32(34)4-2;1-2/h3-6,9-22H,1-2,7-8,23-24H2;1-2H2/b21-5+,22-6+;. The number of carbonyl (C=O) groups excluding carboxylic acids is 2. The molecule has 3 aromatic rings. The summed E-state index contributed by atoms with van der Waals surface area (Å²) in [5.41, 5.74) is 4.37. The molecule has 0 aliphatic carbocycles. The Morgan fingerprint density at radius 3 is 1.15 bits per heavy atom. The second-order valence-corrected chi connectivity index (χ2v) is 7.93. The van der Waals surface area contributed by atoms with Crippen LogP contribution in [-0.2, 0) is 19.1 Å². The molecule has 0 fully saturated rings. The minimum absolute atomic E-state index is 0.285. The molecule has 3 aromatic carbocycles. The molecule has 0 aliphatic heterocycles. The molecule has 0 atom stereocenters. The van der Waals surface area contributed by atoms with Crippen molar-refractivity contribution >= 4 is 11.9 Å². The van der Waals surface area contributed by atoms with Crippen LogP contribution in [0.2, 0.25) is 0 Å². The molecule has 0 unspecified atom stereocenters. The summed E-state index contributed by atoms with van der Waals surface area (Å²) in [5.74, 6) is 0.577. The normalized spacial score (nSPS) is 10.3. The molecule has 0 saturated heterocycles. The van der Waals surface area contributed by atoms with Gasteiger partial charge in [-0.15, -0.1) is 13.2 Å². The molecule has 0 heterocycles. The molecule has 0 aromatic heterocycles. The van der Waals surface area contributed by atoms with Crippen LogP contribution in [0.1, 0.15) is 12.8 Å². The van der Waals surface area contributed by atoms with Crippen molar-refractivity contribution in [2.45, 2.75) is 12.8 Å². The second kappa shape index (κ2) is 18.2. The van der Waals surface area contributed by atoms with Crippen molar-refractivity contribution < 1.29 is 28.5 Å². The minimum Gasteiger partial charge on any atom is -0.465 e. The maximum absolute atomic E-state index is 11.0. The summed E-state index contributed by atoms with van der Waals surface area (Å²) in [5, 5.41) is 0. The molecule has 0 radical (unpaired) electrons. The highest BCUT2D eigenvalue weighted by molar-refractivity contribution is 5.81. The second-order valence-electron chi connectivity index (χ2n) is 7.93. The zero-order valence-electron chi connectivity index (χ0n) is 22.5. The predicted molar refractivity (Wildman–Crippen MR) is 160 cm³/mol. The molecular formula is C34H34O6. The smallest absolute Gasteiger partial charge is 0.330 e. The van der Waals surface area contributed by atoms with Gasteiger partial charge in [-0.05, 0) is 58.7 Å². The Morgan fingerprint density at radius 1 is 0.550 bits per heavy atom. The summed E-state index contributed by atoms with van der Waals surface area (Å²) in [6.45, 7) is 13.3. The average molecular weight is 539 g/mol. The fourth-order valence-corrected chi connectivity index (χ4v) is 3.27. The predicted octanol–water partition coefficient (Wildman–Crippen LogP) is 7.85. The maximum atomic E-state index is 11.0. The van der Waals surface area contributed by atoms with Gasteiger partial charge >= 0.3 is 11.9 Å². The van der Waals surface area contributed by atoms with Gasteiger partial charge in [-0.2, -0.15) is 0 Å². The van der Waals surface area contributed by atoms with E-state index in [2.05, 4.69) is 50.6 Å². The van der Waals surface area contributed by atoms with Crippen LogP contribution in [0.15, 0.2) is 136 Å². The fourth-order valence-electron chi connectivity index (χ4n) is 3.27. The first kappa shape index (κ1) is 31.1. The van der Waals surface area contributed by atoms with Crippen LogP contribution in [0.4, 0.5) is 0 Å². The molecular weight excluding hydrogens is 504 g/mol. The Labute approximate surface area is 236 Å². The van der Waals surface area contributed by atoms with Gasteiger partial charge in [-0.25, -0.2) is 9.59 Å². The van der Waals surface area contributed by atoms with Gasteiger partial charge in [-0.3, -0.25) is 0 Å².